The largest absolute Gasteiger partial charge is 0.480 e. The second-order valence-electron chi connectivity index (χ2n) is 4.16. The Hall–Kier alpha value is -1.14. The molecule has 1 amide bonds. The third-order valence-electron chi connectivity index (χ3n) is 2.85. The van der Waals surface area contributed by atoms with Gasteiger partial charge in [-0.2, -0.15) is 0 Å². The minimum absolute atomic E-state index is 0.00758. The molecule has 1 aliphatic rings. The quantitative estimate of drug-likeness (QED) is 0.858. The summed E-state index contributed by atoms with van der Waals surface area (Å²) < 4.78 is 6.59. The zero-order valence-electron chi connectivity index (χ0n) is 9.85. The molecular formula is C12H13BrN2O2S. The lowest BCUT2D eigenvalue weighted by molar-refractivity contribution is -0.132. The Bertz CT molecular complexity index is 507. The highest BCUT2D eigenvalue weighted by Crippen LogP contribution is 2.26. The molecule has 2 N–H and O–H groups in total. The van der Waals surface area contributed by atoms with E-state index in [0.717, 1.165) is 4.47 Å². The summed E-state index contributed by atoms with van der Waals surface area (Å²) in [4.78, 5) is 13.7. The van der Waals surface area contributed by atoms with Crippen LogP contribution in [-0.4, -0.2) is 35.5 Å². The maximum atomic E-state index is 11.8. The number of likely N-dealkylation sites (tertiary alicyclic amines) is 1. The predicted molar refractivity (Wildman–Crippen MR) is 76.7 cm³/mol. The molecule has 1 unspecified atom stereocenters. The first-order valence-corrected chi connectivity index (χ1v) is 6.70. The summed E-state index contributed by atoms with van der Waals surface area (Å²) in [6.07, 6.45) is 0.242. The van der Waals surface area contributed by atoms with E-state index < -0.39 is 6.10 Å². The van der Waals surface area contributed by atoms with Gasteiger partial charge in [0.2, 0.25) is 0 Å². The van der Waals surface area contributed by atoms with Crippen molar-refractivity contribution in [2.24, 2.45) is 5.73 Å². The molecule has 0 radical (unpaired) electrons. The van der Waals surface area contributed by atoms with Gasteiger partial charge in [-0.1, -0.05) is 28.1 Å². The van der Waals surface area contributed by atoms with Crippen LogP contribution in [0.15, 0.2) is 22.7 Å². The van der Waals surface area contributed by atoms with Crippen LogP contribution >= 0.6 is 28.1 Å². The number of nitrogens with two attached hydrogens (primary N) is 1. The molecule has 4 nitrogen and oxygen atoms in total. The molecule has 1 aromatic carbocycles. The number of rotatable bonds is 3. The summed E-state index contributed by atoms with van der Waals surface area (Å²) in [5.74, 6) is 0.547. The first-order valence-electron chi connectivity index (χ1n) is 5.50. The third-order valence-corrected chi connectivity index (χ3v) is 3.57. The van der Waals surface area contributed by atoms with E-state index in [4.69, 9.17) is 22.7 Å². The minimum Gasteiger partial charge on any atom is -0.480 e. The van der Waals surface area contributed by atoms with E-state index in [0.29, 0.717) is 24.3 Å². The first-order chi connectivity index (χ1) is 8.49. The number of thiocarbonyl (C=S) groups is 1. The van der Waals surface area contributed by atoms with Gasteiger partial charge in [0, 0.05) is 24.5 Å². The van der Waals surface area contributed by atoms with Gasteiger partial charge in [0.05, 0.1) is 5.56 Å². The molecule has 1 fully saturated rings. The standard InChI is InChI=1S/C12H13BrN2O2S/c1-15-5-4-10(12(15)16)17-9-3-2-7(13)6-8(9)11(14)18/h2-3,6,10H,4-5H2,1H3,(H2,14,18). The number of hydrogen-bond acceptors (Lipinski definition) is 3. The van der Waals surface area contributed by atoms with Crippen molar-refractivity contribution in [1.82, 2.24) is 4.90 Å². The van der Waals surface area contributed by atoms with Crippen LogP contribution in [0.5, 0.6) is 5.75 Å². The molecule has 1 heterocycles. The maximum Gasteiger partial charge on any atom is 0.263 e. The second-order valence-corrected chi connectivity index (χ2v) is 5.52. The molecule has 1 aliphatic heterocycles. The monoisotopic (exact) mass is 328 g/mol. The van der Waals surface area contributed by atoms with Crippen molar-refractivity contribution < 1.29 is 9.53 Å². The molecule has 0 aliphatic carbocycles. The second kappa shape index (κ2) is 5.24. The number of carbonyl (C=O) groups excluding carboxylic acids is 1. The van der Waals surface area contributed by atoms with Gasteiger partial charge in [-0.05, 0) is 18.2 Å². The summed E-state index contributed by atoms with van der Waals surface area (Å²) in [7, 11) is 1.77. The zero-order chi connectivity index (χ0) is 13.3. The van der Waals surface area contributed by atoms with Crippen LogP contribution in [0.25, 0.3) is 0 Å². The van der Waals surface area contributed by atoms with Crippen molar-refractivity contribution in [1.29, 1.82) is 0 Å². The highest BCUT2D eigenvalue weighted by atomic mass is 79.9. The van der Waals surface area contributed by atoms with Gasteiger partial charge >= 0.3 is 0 Å². The van der Waals surface area contributed by atoms with E-state index in [9.17, 15) is 4.79 Å². The highest BCUT2D eigenvalue weighted by molar-refractivity contribution is 9.10. The molecule has 1 saturated heterocycles. The van der Waals surface area contributed by atoms with Crippen LogP contribution in [-0.2, 0) is 4.79 Å². The molecule has 0 saturated carbocycles. The highest BCUT2D eigenvalue weighted by Gasteiger charge is 2.31. The number of nitrogens with zero attached hydrogens (tertiary/aromatic N) is 1. The Balaban J connectivity index is 2.24. The molecule has 0 aromatic heterocycles. The summed E-state index contributed by atoms with van der Waals surface area (Å²) in [6, 6.07) is 5.39. The molecule has 0 bridgehead atoms. The number of hydrogen-bond donors (Lipinski definition) is 1. The van der Waals surface area contributed by atoms with Crippen LogP contribution in [0, 0.1) is 0 Å². The summed E-state index contributed by atoms with van der Waals surface area (Å²) in [6.45, 7) is 0.711. The van der Waals surface area contributed by atoms with E-state index in [-0.39, 0.29) is 10.9 Å². The number of ether oxygens (including phenoxy) is 1. The number of benzene rings is 1. The number of amides is 1. The van der Waals surface area contributed by atoms with Crippen LogP contribution in [0.4, 0.5) is 0 Å². The van der Waals surface area contributed by atoms with Gasteiger partial charge in [0.1, 0.15) is 10.7 Å². The van der Waals surface area contributed by atoms with Gasteiger partial charge in [-0.25, -0.2) is 0 Å². The Morgan fingerprint density at radius 2 is 2.33 bits per heavy atom. The first kappa shape index (κ1) is 13.3. The predicted octanol–water partition coefficient (Wildman–Crippen LogP) is 1.69. The van der Waals surface area contributed by atoms with Gasteiger partial charge in [-0.15, -0.1) is 0 Å². The molecule has 18 heavy (non-hydrogen) atoms. The lowest BCUT2D eigenvalue weighted by atomic mass is 10.2. The van der Waals surface area contributed by atoms with Gasteiger partial charge in [0.25, 0.3) is 5.91 Å². The smallest absolute Gasteiger partial charge is 0.263 e. The third kappa shape index (κ3) is 2.64. The fourth-order valence-corrected chi connectivity index (χ4v) is 2.37. The topological polar surface area (TPSA) is 55.6 Å². The van der Waals surface area contributed by atoms with E-state index in [1.807, 2.05) is 6.07 Å². The summed E-state index contributed by atoms with van der Waals surface area (Å²) >= 11 is 8.34. The fraction of sp³-hybridized carbons (Fsp3) is 0.333. The Labute approximate surface area is 119 Å². The average molecular weight is 329 g/mol. The van der Waals surface area contributed by atoms with E-state index in [1.165, 1.54) is 0 Å². The maximum absolute atomic E-state index is 11.8. The molecule has 0 spiro atoms. The molecule has 1 aromatic rings. The minimum atomic E-state index is -0.440. The Kier molecular flexibility index (Phi) is 3.87. The summed E-state index contributed by atoms with van der Waals surface area (Å²) in [5, 5.41) is 0. The fourth-order valence-electron chi connectivity index (χ4n) is 1.85. The van der Waals surface area contributed by atoms with Gasteiger partial charge < -0.3 is 15.4 Å². The molecule has 2 rings (SSSR count). The molecular weight excluding hydrogens is 316 g/mol. The van der Waals surface area contributed by atoms with Crippen molar-refractivity contribution in [3.8, 4) is 5.75 Å². The van der Waals surface area contributed by atoms with E-state index >= 15 is 0 Å². The van der Waals surface area contributed by atoms with E-state index in [2.05, 4.69) is 15.9 Å². The van der Waals surface area contributed by atoms with Crippen molar-refractivity contribution in [2.45, 2.75) is 12.5 Å². The van der Waals surface area contributed by atoms with Crippen molar-refractivity contribution >= 4 is 39.0 Å². The lowest BCUT2D eigenvalue weighted by Crippen LogP contribution is -2.30. The van der Waals surface area contributed by atoms with Crippen LogP contribution < -0.4 is 10.5 Å². The van der Waals surface area contributed by atoms with Crippen molar-refractivity contribution in [3.63, 3.8) is 0 Å². The molecule has 6 heteroatoms. The van der Waals surface area contributed by atoms with Gasteiger partial charge in [-0.3, -0.25) is 4.79 Å². The Morgan fingerprint density at radius 3 is 2.89 bits per heavy atom. The van der Waals surface area contributed by atoms with Crippen LogP contribution in [0.3, 0.4) is 0 Å². The molecule has 96 valence electrons. The normalized spacial score (nSPS) is 19.1. The summed E-state index contributed by atoms with van der Waals surface area (Å²) in [5.41, 5.74) is 6.30. The average Bonchev–Trinajstić information content (AvgIpc) is 2.63. The zero-order valence-corrected chi connectivity index (χ0v) is 12.3. The SMILES string of the molecule is CN1CCC(Oc2ccc(Br)cc2C(N)=S)C1=O. The van der Waals surface area contributed by atoms with Crippen molar-refractivity contribution in [3.05, 3.63) is 28.2 Å². The van der Waals surface area contributed by atoms with E-state index in [1.54, 1.807) is 24.1 Å². The lowest BCUT2D eigenvalue weighted by Gasteiger charge is -2.15. The Morgan fingerprint density at radius 1 is 1.61 bits per heavy atom. The molecule has 1 atom stereocenters. The van der Waals surface area contributed by atoms with Crippen LogP contribution in [0.1, 0.15) is 12.0 Å². The number of halogens is 1. The van der Waals surface area contributed by atoms with Crippen LogP contribution in [0.2, 0.25) is 0 Å². The number of carbonyl (C=O) groups is 1. The number of likely N-dealkylation sites (N-methyl/N-ethyl adjacent to an activating group) is 1. The van der Waals surface area contributed by atoms with Gasteiger partial charge in [0.15, 0.2) is 6.10 Å². The van der Waals surface area contributed by atoms with Crippen molar-refractivity contribution in [2.75, 3.05) is 13.6 Å².